The number of rotatable bonds is 4. The number of nitrogen functional groups attached to an aromatic ring is 1. The summed E-state index contributed by atoms with van der Waals surface area (Å²) in [5.41, 5.74) is 8.10. The maximum atomic E-state index is 11.8. The molecule has 0 bridgehead atoms. The van der Waals surface area contributed by atoms with Gasteiger partial charge in [-0.3, -0.25) is 0 Å². The maximum Gasteiger partial charge on any atom is 0.338 e. The Kier molecular flexibility index (Phi) is 4.65. The number of hydrogen-bond donors (Lipinski definition) is 1. The number of imidazole rings is 1. The van der Waals surface area contributed by atoms with Crippen molar-refractivity contribution in [2.45, 2.75) is 44.9 Å². The van der Waals surface area contributed by atoms with Crippen LogP contribution in [0.3, 0.4) is 0 Å². The third kappa shape index (κ3) is 3.23. The quantitative estimate of drug-likeness (QED) is 0.690. The number of carbonyl (C=O) groups excluding carboxylic acids is 1. The lowest BCUT2D eigenvalue weighted by atomic mass is 9.88. The molecule has 1 aromatic heterocycles. The minimum absolute atomic E-state index is 0.344. The number of nitrogens with two attached hydrogens (primary N) is 1. The lowest BCUT2D eigenvalue weighted by Crippen LogP contribution is -2.12. The SMILES string of the molecule is CCOC(=O)c1ccc(-n2ccnc2C2CCCCC2)c(N)c1. The molecule has 5 nitrogen and oxygen atoms in total. The van der Waals surface area contributed by atoms with Crippen molar-refractivity contribution in [1.29, 1.82) is 0 Å². The van der Waals surface area contributed by atoms with Gasteiger partial charge in [-0.05, 0) is 38.0 Å². The fourth-order valence-electron chi connectivity index (χ4n) is 3.30. The van der Waals surface area contributed by atoms with Gasteiger partial charge in [-0.1, -0.05) is 19.3 Å². The van der Waals surface area contributed by atoms with Gasteiger partial charge in [0.1, 0.15) is 5.82 Å². The Labute approximate surface area is 136 Å². The van der Waals surface area contributed by atoms with Gasteiger partial charge in [0.2, 0.25) is 0 Å². The molecular formula is C18H23N3O2. The number of esters is 1. The summed E-state index contributed by atoms with van der Waals surface area (Å²) in [4.78, 5) is 16.4. The van der Waals surface area contributed by atoms with Gasteiger partial charge in [0.25, 0.3) is 0 Å². The lowest BCUT2D eigenvalue weighted by molar-refractivity contribution is 0.0526. The molecule has 0 saturated heterocycles. The average molecular weight is 313 g/mol. The lowest BCUT2D eigenvalue weighted by Gasteiger charge is -2.22. The van der Waals surface area contributed by atoms with E-state index in [-0.39, 0.29) is 5.97 Å². The molecule has 122 valence electrons. The van der Waals surface area contributed by atoms with Gasteiger partial charge in [0.15, 0.2) is 0 Å². The summed E-state index contributed by atoms with van der Waals surface area (Å²) in [7, 11) is 0. The number of hydrogen-bond acceptors (Lipinski definition) is 4. The molecule has 1 aromatic carbocycles. The zero-order valence-electron chi connectivity index (χ0n) is 13.5. The van der Waals surface area contributed by atoms with E-state index in [4.69, 9.17) is 10.5 Å². The van der Waals surface area contributed by atoms with E-state index in [2.05, 4.69) is 9.55 Å². The summed E-state index contributed by atoms with van der Waals surface area (Å²) in [6, 6.07) is 5.31. The molecule has 0 aliphatic heterocycles. The van der Waals surface area contributed by atoms with Gasteiger partial charge in [0, 0.05) is 18.3 Å². The fourth-order valence-corrected chi connectivity index (χ4v) is 3.30. The second kappa shape index (κ2) is 6.86. The molecule has 2 aromatic rings. The Bertz CT molecular complexity index is 687. The van der Waals surface area contributed by atoms with Crippen LogP contribution in [0.4, 0.5) is 5.69 Å². The molecule has 5 heteroatoms. The first-order valence-corrected chi connectivity index (χ1v) is 8.31. The van der Waals surface area contributed by atoms with Crippen molar-refractivity contribution in [3.8, 4) is 5.69 Å². The van der Waals surface area contributed by atoms with Crippen LogP contribution in [0.25, 0.3) is 5.69 Å². The van der Waals surface area contributed by atoms with E-state index in [0.717, 1.165) is 11.5 Å². The van der Waals surface area contributed by atoms with Gasteiger partial charge >= 0.3 is 5.97 Å². The number of aromatic nitrogens is 2. The molecule has 0 amide bonds. The summed E-state index contributed by atoms with van der Waals surface area (Å²) in [5, 5.41) is 0. The van der Waals surface area contributed by atoms with Crippen molar-refractivity contribution in [2.24, 2.45) is 0 Å². The minimum Gasteiger partial charge on any atom is -0.462 e. The Hall–Kier alpha value is -2.30. The van der Waals surface area contributed by atoms with E-state index in [1.54, 1.807) is 19.1 Å². The van der Waals surface area contributed by atoms with Gasteiger partial charge in [-0.2, -0.15) is 0 Å². The zero-order chi connectivity index (χ0) is 16.2. The van der Waals surface area contributed by atoms with E-state index in [1.807, 2.05) is 18.5 Å². The van der Waals surface area contributed by atoms with Crippen molar-refractivity contribution in [3.63, 3.8) is 0 Å². The first-order valence-electron chi connectivity index (χ1n) is 8.31. The topological polar surface area (TPSA) is 70.1 Å². The van der Waals surface area contributed by atoms with Crippen LogP contribution in [0.5, 0.6) is 0 Å². The second-order valence-electron chi connectivity index (χ2n) is 5.98. The van der Waals surface area contributed by atoms with E-state index in [1.165, 1.54) is 32.1 Å². The van der Waals surface area contributed by atoms with Crippen LogP contribution in [-0.2, 0) is 4.74 Å². The van der Waals surface area contributed by atoms with Crippen LogP contribution >= 0.6 is 0 Å². The maximum absolute atomic E-state index is 11.8. The monoisotopic (exact) mass is 313 g/mol. The van der Waals surface area contributed by atoms with E-state index < -0.39 is 0 Å². The molecular weight excluding hydrogens is 290 g/mol. The van der Waals surface area contributed by atoms with E-state index in [9.17, 15) is 4.79 Å². The summed E-state index contributed by atoms with van der Waals surface area (Å²) in [6.45, 7) is 2.14. The third-order valence-corrected chi connectivity index (χ3v) is 4.44. The summed E-state index contributed by atoms with van der Waals surface area (Å²) >= 11 is 0. The molecule has 1 saturated carbocycles. The van der Waals surface area contributed by atoms with Gasteiger partial charge in [-0.15, -0.1) is 0 Å². The van der Waals surface area contributed by atoms with Gasteiger partial charge in [-0.25, -0.2) is 9.78 Å². The van der Waals surface area contributed by atoms with Gasteiger partial charge in [0.05, 0.1) is 23.5 Å². The number of ether oxygens (including phenoxy) is 1. The number of carbonyl (C=O) groups is 1. The van der Waals surface area contributed by atoms with Crippen LogP contribution in [-0.4, -0.2) is 22.1 Å². The predicted molar refractivity (Wildman–Crippen MR) is 89.8 cm³/mol. The highest BCUT2D eigenvalue weighted by molar-refractivity contribution is 5.91. The fraction of sp³-hybridized carbons (Fsp3) is 0.444. The van der Waals surface area contributed by atoms with Crippen molar-refractivity contribution in [2.75, 3.05) is 12.3 Å². The van der Waals surface area contributed by atoms with Crippen LogP contribution in [0.2, 0.25) is 0 Å². The van der Waals surface area contributed by atoms with Crippen molar-refractivity contribution in [3.05, 3.63) is 42.0 Å². The van der Waals surface area contributed by atoms with Crippen molar-refractivity contribution in [1.82, 2.24) is 9.55 Å². The number of nitrogens with zero attached hydrogens (tertiary/aromatic N) is 2. The Morgan fingerprint density at radius 1 is 1.35 bits per heavy atom. The standard InChI is InChI=1S/C18H23N3O2/c1-2-23-18(22)14-8-9-16(15(19)12-14)21-11-10-20-17(21)13-6-4-3-5-7-13/h8-13H,2-7,19H2,1H3. The Balaban J connectivity index is 1.90. The molecule has 1 heterocycles. The van der Waals surface area contributed by atoms with E-state index >= 15 is 0 Å². The molecule has 0 radical (unpaired) electrons. The highest BCUT2D eigenvalue weighted by atomic mass is 16.5. The number of benzene rings is 1. The van der Waals surface area contributed by atoms with Crippen LogP contribution in [0.15, 0.2) is 30.6 Å². The molecule has 0 unspecified atom stereocenters. The highest BCUT2D eigenvalue weighted by Crippen LogP contribution is 2.33. The first kappa shape index (κ1) is 15.6. The Morgan fingerprint density at radius 2 is 2.13 bits per heavy atom. The normalized spacial score (nSPS) is 15.5. The molecule has 1 fully saturated rings. The largest absolute Gasteiger partial charge is 0.462 e. The molecule has 1 aliphatic carbocycles. The molecule has 23 heavy (non-hydrogen) atoms. The zero-order valence-corrected chi connectivity index (χ0v) is 13.5. The molecule has 3 rings (SSSR count). The minimum atomic E-state index is -0.344. The molecule has 0 atom stereocenters. The molecule has 0 spiro atoms. The van der Waals surface area contributed by atoms with Crippen LogP contribution in [0, 0.1) is 0 Å². The molecule has 2 N–H and O–H groups in total. The Morgan fingerprint density at radius 3 is 2.83 bits per heavy atom. The first-order chi connectivity index (χ1) is 11.2. The number of anilines is 1. The summed E-state index contributed by atoms with van der Waals surface area (Å²) in [6.07, 6.45) is 9.95. The highest BCUT2D eigenvalue weighted by Gasteiger charge is 2.21. The second-order valence-corrected chi connectivity index (χ2v) is 5.98. The van der Waals surface area contributed by atoms with Crippen molar-refractivity contribution >= 4 is 11.7 Å². The van der Waals surface area contributed by atoms with E-state index in [0.29, 0.717) is 23.8 Å². The summed E-state index contributed by atoms with van der Waals surface area (Å²) in [5.74, 6) is 1.21. The third-order valence-electron chi connectivity index (χ3n) is 4.44. The van der Waals surface area contributed by atoms with Gasteiger partial charge < -0.3 is 15.0 Å². The summed E-state index contributed by atoms with van der Waals surface area (Å²) < 4.78 is 7.07. The van der Waals surface area contributed by atoms with Crippen LogP contribution < -0.4 is 5.73 Å². The average Bonchev–Trinajstić information content (AvgIpc) is 3.05. The smallest absolute Gasteiger partial charge is 0.338 e. The van der Waals surface area contributed by atoms with Crippen molar-refractivity contribution < 1.29 is 9.53 Å². The molecule has 1 aliphatic rings. The van der Waals surface area contributed by atoms with Crippen LogP contribution in [0.1, 0.15) is 61.1 Å². The predicted octanol–water partition coefficient (Wildman–Crippen LogP) is 3.68.